The zero-order valence-corrected chi connectivity index (χ0v) is 11.0. The first kappa shape index (κ1) is 12.9. The molecule has 3 aromatic rings. The van der Waals surface area contributed by atoms with Gasteiger partial charge in [0, 0.05) is 12.3 Å². The predicted molar refractivity (Wildman–Crippen MR) is 78.0 cm³/mol. The summed E-state index contributed by atoms with van der Waals surface area (Å²) >= 11 is 0. The topological polar surface area (TPSA) is 80.0 Å². The summed E-state index contributed by atoms with van der Waals surface area (Å²) in [6.45, 7) is 0. The van der Waals surface area contributed by atoms with Gasteiger partial charge in [-0.25, -0.2) is 14.5 Å². The van der Waals surface area contributed by atoms with Crippen molar-refractivity contribution in [2.45, 2.75) is 0 Å². The van der Waals surface area contributed by atoms with Gasteiger partial charge in [-0.05, 0) is 24.3 Å². The maximum absolute atomic E-state index is 11.1. The molecule has 21 heavy (non-hydrogen) atoms. The summed E-state index contributed by atoms with van der Waals surface area (Å²) in [6, 6.07) is 16.2. The lowest BCUT2D eigenvalue weighted by atomic mass is 10.3. The molecule has 104 valence electrons. The van der Waals surface area contributed by atoms with Crippen LogP contribution in [0.3, 0.4) is 0 Å². The molecule has 6 nitrogen and oxygen atoms in total. The second-order valence-electron chi connectivity index (χ2n) is 4.31. The molecule has 0 spiro atoms. The van der Waals surface area contributed by atoms with Gasteiger partial charge in [-0.3, -0.25) is 0 Å². The van der Waals surface area contributed by atoms with E-state index in [1.807, 2.05) is 42.5 Å². The summed E-state index contributed by atoms with van der Waals surface area (Å²) in [4.78, 5) is 15.3. The third-order valence-electron chi connectivity index (χ3n) is 2.85. The van der Waals surface area contributed by atoms with Gasteiger partial charge in [-0.1, -0.05) is 24.3 Å². The molecule has 2 heterocycles. The number of hydrogen-bond acceptors (Lipinski definition) is 4. The average molecular weight is 280 g/mol. The Morgan fingerprint density at radius 1 is 1.10 bits per heavy atom. The van der Waals surface area contributed by atoms with E-state index in [4.69, 9.17) is 5.11 Å². The van der Waals surface area contributed by atoms with E-state index in [1.54, 1.807) is 12.3 Å². The highest BCUT2D eigenvalue weighted by molar-refractivity contribution is 5.86. The van der Waals surface area contributed by atoms with Crippen molar-refractivity contribution in [2.75, 3.05) is 5.32 Å². The van der Waals surface area contributed by atoms with Crippen LogP contribution in [0.15, 0.2) is 60.8 Å². The van der Waals surface area contributed by atoms with Crippen LogP contribution in [0.1, 0.15) is 10.5 Å². The van der Waals surface area contributed by atoms with Crippen molar-refractivity contribution in [3.8, 4) is 5.69 Å². The zero-order chi connectivity index (χ0) is 14.7. The van der Waals surface area contributed by atoms with E-state index in [2.05, 4.69) is 15.4 Å². The Balaban J connectivity index is 2.04. The Hall–Kier alpha value is -3.15. The second kappa shape index (κ2) is 5.46. The first-order valence-corrected chi connectivity index (χ1v) is 6.31. The first-order valence-electron chi connectivity index (χ1n) is 6.31. The van der Waals surface area contributed by atoms with Crippen LogP contribution >= 0.6 is 0 Å². The molecule has 3 rings (SSSR count). The first-order chi connectivity index (χ1) is 10.2. The van der Waals surface area contributed by atoms with Crippen molar-refractivity contribution >= 4 is 17.6 Å². The summed E-state index contributed by atoms with van der Waals surface area (Å²) in [5.74, 6) is 0.0811. The fourth-order valence-corrected chi connectivity index (χ4v) is 1.91. The van der Waals surface area contributed by atoms with Gasteiger partial charge in [-0.15, -0.1) is 0 Å². The summed E-state index contributed by atoms with van der Waals surface area (Å²) in [6.07, 6.45) is 1.66. The van der Waals surface area contributed by atoms with Crippen molar-refractivity contribution < 1.29 is 9.90 Å². The zero-order valence-electron chi connectivity index (χ0n) is 11.0. The number of carboxylic acids is 1. The molecule has 0 atom stereocenters. The smallest absolute Gasteiger partial charge is 0.356 e. The molecular formula is C15H12N4O2. The fraction of sp³-hybridized carbons (Fsp3) is 0. The second-order valence-corrected chi connectivity index (χ2v) is 4.31. The van der Waals surface area contributed by atoms with E-state index in [9.17, 15) is 4.79 Å². The molecule has 0 unspecified atom stereocenters. The van der Waals surface area contributed by atoms with Crippen LogP contribution < -0.4 is 5.32 Å². The van der Waals surface area contributed by atoms with Gasteiger partial charge < -0.3 is 10.4 Å². The van der Waals surface area contributed by atoms with Crippen LogP contribution in [-0.4, -0.2) is 25.8 Å². The fourth-order valence-electron chi connectivity index (χ4n) is 1.91. The third-order valence-corrected chi connectivity index (χ3v) is 2.85. The number of nitrogens with one attached hydrogen (secondary N) is 1. The Kier molecular flexibility index (Phi) is 3.34. The van der Waals surface area contributed by atoms with E-state index in [1.165, 1.54) is 10.7 Å². The Morgan fingerprint density at radius 3 is 2.52 bits per heavy atom. The van der Waals surface area contributed by atoms with Gasteiger partial charge in [0.15, 0.2) is 5.69 Å². The van der Waals surface area contributed by atoms with Gasteiger partial charge in [0.25, 0.3) is 0 Å². The van der Waals surface area contributed by atoms with E-state index >= 15 is 0 Å². The standard InChI is InChI=1S/C15H12N4O2/c20-15(21)12-10-14(17-13-8-4-5-9-16-13)19(18-12)11-6-2-1-3-7-11/h1-10H,(H,16,17)(H,20,21). The number of aromatic carboxylic acids is 1. The van der Waals surface area contributed by atoms with Gasteiger partial charge in [0.1, 0.15) is 11.6 Å². The number of para-hydroxylation sites is 1. The van der Waals surface area contributed by atoms with Gasteiger partial charge in [0.05, 0.1) is 5.69 Å². The van der Waals surface area contributed by atoms with Crippen molar-refractivity contribution in [3.05, 3.63) is 66.5 Å². The third kappa shape index (κ3) is 2.74. The van der Waals surface area contributed by atoms with Crippen LogP contribution in [-0.2, 0) is 0 Å². The minimum Gasteiger partial charge on any atom is -0.476 e. The number of benzene rings is 1. The molecule has 0 aliphatic heterocycles. The van der Waals surface area contributed by atoms with Crippen molar-refractivity contribution in [1.82, 2.24) is 14.8 Å². The highest BCUT2D eigenvalue weighted by atomic mass is 16.4. The van der Waals surface area contributed by atoms with Crippen LogP contribution in [0.25, 0.3) is 5.69 Å². The van der Waals surface area contributed by atoms with Crippen molar-refractivity contribution in [1.29, 1.82) is 0 Å². The Labute approximate surface area is 120 Å². The molecular weight excluding hydrogens is 268 g/mol. The number of pyridine rings is 1. The number of anilines is 2. The predicted octanol–water partition coefficient (Wildman–Crippen LogP) is 2.71. The molecule has 0 saturated carbocycles. The summed E-state index contributed by atoms with van der Waals surface area (Å²) in [5.41, 5.74) is 0.737. The van der Waals surface area contributed by atoms with E-state index in [0.717, 1.165) is 5.69 Å². The van der Waals surface area contributed by atoms with Gasteiger partial charge in [-0.2, -0.15) is 5.10 Å². The maximum atomic E-state index is 11.1. The van der Waals surface area contributed by atoms with E-state index < -0.39 is 5.97 Å². The molecule has 0 aliphatic carbocycles. The minimum atomic E-state index is -1.08. The number of hydrogen-bond donors (Lipinski definition) is 2. The van der Waals surface area contributed by atoms with Crippen LogP contribution in [0, 0.1) is 0 Å². The monoisotopic (exact) mass is 280 g/mol. The van der Waals surface area contributed by atoms with Gasteiger partial charge >= 0.3 is 5.97 Å². The molecule has 2 aromatic heterocycles. The molecule has 2 N–H and O–H groups in total. The number of rotatable bonds is 4. The molecule has 6 heteroatoms. The lowest BCUT2D eigenvalue weighted by Crippen LogP contribution is -2.04. The highest BCUT2D eigenvalue weighted by Crippen LogP contribution is 2.20. The molecule has 0 radical (unpaired) electrons. The number of carboxylic acid groups (broad SMARTS) is 1. The number of nitrogens with zero attached hydrogens (tertiary/aromatic N) is 3. The van der Waals surface area contributed by atoms with E-state index in [-0.39, 0.29) is 5.69 Å². The lowest BCUT2D eigenvalue weighted by Gasteiger charge is -2.08. The normalized spacial score (nSPS) is 10.3. The highest BCUT2D eigenvalue weighted by Gasteiger charge is 2.14. The molecule has 0 aliphatic rings. The van der Waals surface area contributed by atoms with Crippen molar-refractivity contribution in [3.63, 3.8) is 0 Å². The molecule has 0 fully saturated rings. The van der Waals surface area contributed by atoms with Crippen LogP contribution in [0.4, 0.5) is 11.6 Å². The Bertz CT molecular complexity index is 754. The van der Waals surface area contributed by atoms with Gasteiger partial charge in [0.2, 0.25) is 0 Å². The Morgan fingerprint density at radius 2 is 1.86 bits per heavy atom. The quantitative estimate of drug-likeness (QED) is 0.768. The minimum absolute atomic E-state index is 0.0303. The summed E-state index contributed by atoms with van der Waals surface area (Å²) in [5, 5.41) is 16.3. The molecule has 0 amide bonds. The molecule has 0 saturated heterocycles. The largest absolute Gasteiger partial charge is 0.476 e. The lowest BCUT2D eigenvalue weighted by molar-refractivity contribution is 0.0690. The summed E-state index contributed by atoms with van der Waals surface area (Å²) in [7, 11) is 0. The average Bonchev–Trinajstić information content (AvgIpc) is 2.93. The van der Waals surface area contributed by atoms with E-state index in [0.29, 0.717) is 11.6 Å². The molecule has 0 bridgehead atoms. The van der Waals surface area contributed by atoms with Crippen molar-refractivity contribution in [2.24, 2.45) is 0 Å². The molecule has 1 aromatic carbocycles. The summed E-state index contributed by atoms with van der Waals surface area (Å²) < 4.78 is 1.54. The van der Waals surface area contributed by atoms with Crippen LogP contribution in [0.5, 0.6) is 0 Å². The van der Waals surface area contributed by atoms with Crippen LogP contribution in [0.2, 0.25) is 0 Å². The maximum Gasteiger partial charge on any atom is 0.356 e. The number of aromatic nitrogens is 3. The SMILES string of the molecule is O=C(O)c1cc(Nc2ccccn2)n(-c2ccccc2)n1. The number of carbonyl (C=O) groups is 1.